The van der Waals surface area contributed by atoms with Gasteiger partial charge in [-0.2, -0.15) is 0 Å². The van der Waals surface area contributed by atoms with E-state index in [1.807, 2.05) is 12.1 Å². The molecule has 0 spiro atoms. The maximum atomic E-state index is 10.3. The third-order valence-corrected chi connectivity index (χ3v) is 3.16. The Morgan fingerprint density at radius 1 is 1.12 bits per heavy atom. The summed E-state index contributed by atoms with van der Waals surface area (Å²) < 4.78 is 4.57. The molecular formula is C13H16O3. The summed E-state index contributed by atoms with van der Waals surface area (Å²) in [5.74, 6) is 1.04. The number of benzene rings is 1. The minimum Gasteiger partial charge on any atom is -0.449 e. The molecule has 1 saturated carbocycles. The lowest BCUT2D eigenvalue weighted by Crippen LogP contribution is -2.05. The molecule has 1 aliphatic carbocycles. The first-order valence-corrected chi connectivity index (χ1v) is 5.76. The normalized spacial score (nSPS) is 17.0. The predicted molar refractivity (Wildman–Crippen MR) is 60.9 cm³/mol. The first-order chi connectivity index (χ1) is 7.75. The van der Waals surface area contributed by atoms with Gasteiger partial charge in [0.1, 0.15) is 5.75 Å². The van der Waals surface area contributed by atoms with Crippen LogP contribution in [0.3, 0.4) is 0 Å². The Kier molecular flexibility index (Phi) is 3.44. The Hall–Kier alpha value is -1.51. The Labute approximate surface area is 95.0 Å². The fourth-order valence-electron chi connectivity index (χ4n) is 2.34. The third kappa shape index (κ3) is 2.75. The smallest absolute Gasteiger partial charge is 0.449 e. The highest BCUT2D eigenvalue weighted by Crippen LogP contribution is 2.33. The van der Waals surface area contributed by atoms with Crippen molar-refractivity contribution in [1.29, 1.82) is 0 Å². The molecular weight excluding hydrogens is 204 g/mol. The van der Waals surface area contributed by atoms with Crippen LogP contribution >= 0.6 is 0 Å². The van der Waals surface area contributed by atoms with Crippen LogP contribution < -0.4 is 4.74 Å². The van der Waals surface area contributed by atoms with Gasteiger partial charge in [0.15, 0.2) is 0 Å². The maximum absolute atomic E-state index is 10.3. The number of rotatable bonds is 2. The van der Waals surface area contributed by atoms with E-state index in [1.54, 1.807) is 12.1 Å². The summed E-state index contributed by atoms with van der Waals surface area (Å²) in [6, 6.07) is 7.43. The minimum atomic E-state index is -1.26. The molecule has 3 nitrogen and oxygen atoms in total. The van der Waals surface area contributed by atoms with Crippen molar-refractivity contribution in [2.24, 2.45) is 0 Å². The van der Waals surface area contributed by atoms with Gasteiger partial charge in [-0.05, 0) is 36.5 Å². The molecule has 0 heterocycles. The zero-order chi connectivity index (χ0) is 11.4. The fourth-order valence-corrected chi connectivity index (χ4v) is 2.34. The number of ether oxygens (including phenoxy) is 1. The van der Waals surface area contributed by atoms with Crippen molar-refractivity contribution in [1.82, 2.24) is 0 Å². The van der Waals surface area contributed by atoms with E-state index in [9.17, 15) is 4.79 Å². The van der Waals surface area contributed by atoms with Crippen LogP contribution in [-0.2, 0) is 0 Å². The van der Waals surface area contributed by atoms with Gasteiger partial charge in [0.2, 0.25) is 0 Å². The topological polar surface area (TPSA) is 46.5 Å². The van der Waals surface area contributed by atoms with E-state index < -0.39 is 6.16 Å². The maximum Gasteiger partial charge on any atom is 0.511 e. The first-order valence-electron chi connectivity index (χ1n) is 5.76. The van der Waals surface area contributed by atoms with Crippen molar-refractivity contribution in [3.63, 3.8) is 0 Å². The largest absolute Gasteiger partial charge is 0.511 e. The lowest BCUT2D eigenvalue weighted by atomic mass is 9.84. The quantitative estimate of drug-likeness (QED) is 0.609. The molecule has 1 N–H and O–H groups in total. The molecule has 0 bridgehead atoms. The Balaban J connectivity index is 2.03. The van der Waals surface area contributed by atoms with Crippen molar-refractivity contribution < 1.29 is 14.6 Å². The molecule has 0 aromatic heterocycles. The molecule has 0 amide bonds. The van der Waals surface area contributed by atoms with Gasteiger partial charge in [0.05, 0.1) is 0 Å². The Morgan fingerprint density at radius 3 is 2.31 bits per heavy atom. The molecule has 1 aromatic rings. The molecule has 0 aliphatic heterocycles. The van der Waals surface area contributed by atoms with E-state index in [0.717, 1.165) is 0 Å². The van der Waals surface area contributed by atoms with Gasteiger partial charge in [-0.3, -0.25) is 0 Å². The van der Waals surface area contributed by atoms with Crippen LogP contribution in [0.5, 0.6) is 5.75 Å². The zero-order valence-electron chi connectivity index (χ0n) is 9.19. The van der Waals surface area contributed by atoms with Gasteiger partial charge in [0.25, 0.3) is 0 Å². The summed E-state index contributed by atoms with van der Waals surface area (Å²) in [7, 11) is 0. The summed E-state index contributed by atoms with van der Waals surface area (Å²) in [5, 5.41) is 8.46. The van der Waals surface area contributed by atoms with E-state index >= 15 is 0 Å². The number of carbonyl (C=O) groups is 1. The fraction of sp³-hybridized carbons (Fsp3) is 0.462. The van der Waals surface area contributed by atoms with Crippen LogP contribution in [0.25, 0.3) is 0 Å². The SMILES string of the molecule is O=C(O)Oc1ccc(C2CCCCC2)cc1. The second-order valence-electron chi connectivity index (χ2n) is 4.27. The molecule has 0 unspecified atom stereocenters. The van der Waals surface area contributed by atoms with Crippen LogP contribution in [0.1, 0.15) is 43.6 Å². The average molecular weight is 220 g/mol. The van der Waals surface area contributed by atoms with Gasteiger partial charge in [-0.1, -0.05) is 31.4 Å². The Bertz CT molecular complexity index is 350. The van der Waals surface area contributed by atoms with E-state index in [4.69, 9.17) is 5.11 Å². The van der Waals surface area contributed by atoms with Crippen molar-refractivity contribution in [2.45, 2.75) is 38.0 Å². The van der Waals surface area contributed by atoms with Crippen molar-refractivity contribution in [3.8, 4) is 5.75 Å². The highest BCUT2D eigenvalue weighted by Gasteiger charge is 2.15. The molecule has 1 aromatic carbocycles. The highest BCUT2D eigenvalue weighted by molar-refractivity contribution is 5.61. The molecule has 0 atom stereocenters. The standard InChI is InChI=1S/C13H16O3/c14-13(15)16-12-8-6-11(7-9-12)10-4-2-1-3-5-10/h6-10H,1-5H2,(H,14,15). The first kappa shape index (κ1) is 11.0. The summed E-state index contributed by atoms with van der Waals surface area (Å²) in [6.07, 6.45) is 5.19. The lowest BCUT2D eigenvalue weighted by Gasteiger charge is -2.21. The summed E-state index contributed by atoms with van der Waals surface area (Å²) in [4.78, 5) is 10.3. The molecule has 0 saturated heterocycles. The molecule has 86 valence electrons. The molecule has 2 rings (SSSR count). The van der Waals surface area contributed by atoms with Crippen LogP contribution in [0, 0.1) is 0 Å². The highest BCUT2D eigenvalue weighted by atomic mass is 16.7. The van der Waals surface area contributed by atoms with E-state index in [0.29, 0.717) is 11.7 Å². The monoisotopic (exact) mass is 220 g/mol. The number of hydrogen-bond acceptors (Lipinski definition) is 2. The summed E-state index contributed by atoms with van der Waals surface area (Å²) in [6.45, 7) is 0. The minimum absolute atomic E-state index is 0.395. The van der Waals surface area contributed by atoms with Crippen molar-refractivity contribution in [2.75, 3.05) is 0 Å². The number of hydrogen-bond donors (Lipinski definition) is 1. The average Bonchev–Trinajstić information content (AvgIpc) is 2.30. The van der Waals surface area contributed by atoms with Gasteiger partial charge in [-0.15, -0.1) is 0 Å². The van der Waals surface area contributed by atoms with E-state index in [2.05, 4.69) is 4.74 Å². The second kappa shape index (κ2) is 5.01. The van der Waals surface area contributed by atoms with E-state index in [-0.39, 0.29) is 0 Å². The molecule has 0 radical (unpaired) electrons. The Morgan fingerprint density at radius 2 is 1.75 bits per heavy atom. The van der Waals surface area contributed by atoms with Gasteiger partial charge in [0, 0.05) is 0 Å². The van der Waals surface area contributed by atoms with Gasteiger partial charge >= 0.3 is 6.16 Å². The van der Waals surface area contributed by atoms with Crippen LogP contribution in [-0.4, -0.2) is 11.3 Å². The molecule has 1 fully saturated rings. The molecule has 16 heavy (non-hydrogen) atoms. The van der Waals surface area contributed by atoms with E-state index in [1.165, 1.54) is 37.7 Å². The van der Waals surface area contributed by atoms with Gasteiger partial charge in [-0.25, -0.2) is 4.79 Å². The predicted octanol–water partition coefficient (Wildman–Crippen LogP) is 3.79. The number of carboxylic acid groups (broad SMARTS) is 1. The summed E-state index contributed by atoms with van der Waals surface area (Å²) in [5.41, 5.74) is 1.30. The van der Waals surface area contributed by atoms with Gasteiger partial charge < -0.3 is 9.84 Å². The van der Waals surface area contributed by atoms with Crippen LogP contribution in [0.4, 0.5) is 4.79 Å². The second-order valence-corrected chi connectivity index (χ2v) is 4.27. The third-order valence-electron chi connectivity index (χ3n) is 3.16. The van der Waals surface area contributed by atoms with Crippen molar-refractivity contribution >= 4 is 6.16 Å². The molecule has 3 heteroatoms. The van der Waals surface area contributed by atoms with Crippen LogP contribution in [0.15, 0.2) is 24.3 Å². The van der Waals surface area contributed by atoms with Crippen LogP contribution in [0.2, 0.25) is 0 Å². The van der Waals surface area contributed by atoms with Crippen molar-refractivity contribution in [3.05, 3.63) is 29.8 Å². The molecule has 1 aliphatic rings. The zero-order valence-corrected chi connectivity index (χ0v) is 9.19. The summed E-state index contributed by atoms with van der Waals surface area (Å²) >= 11 is 0. The lowest BCUT2D eigenvalue weighted by molar-refractivity contribution is 0.144.